The van der Waals surface area contributed by atoms with E-state index in [1.165, 1.54) is 23.8 Å². The predicted octanol–water partition coefficient (Wildman–Crippen LogP) is 1.26. The van der Waals surface area contributed by atoms with E-state index in [1.807, 2.05) is 5.43 Å². The summed E-state index contributed by atoms with van der Waals surface area (Å²) in [5.74, 6) is -3.20. The molecule has 0 saturated carbocycles. The molecule has 1 rings (SSSR count). The number of nitrogens with zero attached hydrogens (tertiary/aromatic N) is 1. The lowest BCUT2D eigenvalue weighted by molar-refractivity contribution is -0.173. The number of anilines is 1. The first-order chi connectivity index (χ1) is 8.86. The van der Waals surface area contributed by atoms with Crippen molar-refractivity contribution in [3.63, 3.8) is 0 Å². The summed E-state index contributed by atoms with van der Waals surface area (Å²) in [6, 6.07) is 2.70. The highest BCUT2D eigenvalue weighted by Gasteiger charge is 2.38. The molecule has 2 N–H and O–H groups in total. The molecule has 0 fully saturated rings. The molecule has 0 aliphatic carbocycles. The summed E-state index contributed by atoms with van der Waals surface area (Å²) in [6.07, 6.45) is -3.79. The summed E-state index contributed by atoms with van der Waals surface area (Å²) in [5.41, 5.74) is 3.23. The SMILES string of the molecule is CCOC(=O)c1cccnc1NNC(=O)C(F)(F)F. The minimum Gasteiger partial charge on any atom is -0.462 e. The second-order valence-corrected chi connectivity index (χ2v) is 3.20. The van der Waals surface area contributed by atoms with E-state index in [4.69, 9.17) is 0 Å². The van der Waals surface area contributed by atoms with Crippen molar-refractivity contribution in [2.75, 3.05) is 12.0 Å². The van der Waals surface area contributed by atoms with Gasteiger partial charge < -0.3 is 4.74 Å². The highest BCUT2D eigenvalue weighted by atomic mass is 19.4. The number of hydrogen-bond acceptors (Lipinski definition) is 5. The smallest absolute Gasteiger partial charge is 0.462 e. The van der Waals surface area contributed by atoms with Gasteiger partial charge in [-0.2, -0.15) is 13.2 Å². The fourth-order valence-electron chi connectivity index (χ4n) is 1.07. The Kier molecular flexibility index (Phi) is 4.67. The lowest BCUT2D eigenvalue weighted by atomic mass is 10.2. The third-order valence-electron chi connectivity index (χ3n) is 1.85. The van der Waals surface area contributed by atoms with Gasteiger partial charge >= 0.3 is 18.1 Å². The van der Waals surface area contributed by atoms with Gasteiger partial charge in [-0.3, -0.25) is 15.6 Å². The van der Waals surface area contributed by atoms with E-state index in [-0.39, 0.29) is 18.0 Å². The van der Waals surface area contributed by atoms with Gasteiger partial charge in [0, 0.05) is 6.20 Å². The molecule has 0 unspecified atom stereocenters. The first-order valence-electron chi connectivity index (χ1n) is 5.11. The van der Waals surface area contributed by atoms with Crippen LogP contribution in [0.1, 0.15) is 17.3 Å². The van der Waals surface area contributed by atoms with Crippen molar-refractivity contribution in [2.45, 2.75) is 13.1 Å². The van der Waals surface area contributed by atoms with Crippen LogP contribution in [-0.4, -0.2) is 29.6 Å². The van der Waals surface area contributed by atoms with Crippen molar-refractivity contribution < 1.29 is 27.5 Å². The van der Waals surface area contributed by atoms with Gasteiger partial charge in [0.2, 0.25) is 0 Å². The van der Waals surface area contributed by atoms with Crippen LogP contribution in [-0.2, 0) is 9.53 Å². The number of halogens is 3. The third kappa shape index (κ3) is 4.12. The molecule has 0 radical (unpaired) electrons. The number of alkyl halides is 3. The van der Waals surface area contributed by atoms with Gasteiger partial charge in [0.15, 0.2) is 5.82 Å². The molecule has 1 aromatic heterocycles. The molecule has 9 heteroatoms. The van der Waals surface area contributed by atoms with E-state index in [2.05, 4.69) is 9.72 Å². The van der Waals surface area contributed by atoms with Crippen molar-refractivity contribution in [1.82, 2.24) is 10.4 Å². The van der Waals surface area contributed by atoms with Crippen LogP contribution in [0.2, 0.25) is 0 Å². The van der Waals surface area contributed by atoms with Crippen LogP contribution in [0.4, 0.5) is 19.0 Å². The Bertz CT molecular complexity index is 477. The van der Waals surface area contributed by atoms with Gasteiger partial charge in [-0.15, -0.1) is 0 Å². The fourth-order valence-corrected chi connectivity index (χ4v) is 1.07. The van der Waals surface area contributed by atoms with Crippen molar-refractivity contribution >= 4 is 17.7 Å². The minimum absolute atomic E-state index is 0.0909. The number of nitrogens with one attached hydrogen (secondary N) is 2. The molecule has 0 bridgehead atoms. The Labute approximate surface area is 105 Å². The lowest BCUT2D eigenvalue weighted by Crippen LogP contribution is -2.40. The van der Waals surface area contributed by atoms with Crippen molar-refractivity contribution in [1.29, 1.82) is 0 Å². The van der Waals surface area contributed by atoms with Crippen molar-refractivity contribution in [3.05, 3.63) is 23.9 Å². The zero-order valence-electron chi connectivity index (χ0n) is 9.75. The molecule has 0 spiro atoms. The number of pyridine rings is 1. The van der Waals surface area contributed by atoms with Crippen LogP contribution in [0.3, 0.4) is 0 Å². The Hall–Kier alpha value is -2.32. The molecule has 19 heavy (non-hydrogen) atoms. The van der Waals surface area contributed by atoms with Gasteiger partial charge in [-0.25, -0.2) is 9.78 Å². The number of hydrazine groups is 1. The average Bonchev–Trinajstić information content (AvgIpc) is 2.35. The minimum atomic E-state index is -5.04. The number of aromatic nitrogens is 1. The monoisotopic (exact) mass is 277 g/mol. The van der Waals surface area contributed by atoms with Crippen LogP contribution < -0.4 is 10.9 Å². The van der Waals surface area contributed by atoms with E-state index in [0.29, 0.717) is 0 Å². The first-order valence-corrected chi connectivity index (χ1v) is 5.11. The van der Waals surface area contributed by atoms with Crippen molar-refractivity contribution in [3.8, 4) is 0 Å². The average molecular weight is 277 g/mol. The van der Waals surface area contributed by atoms with E-state index >= 15 is 0 Å². The standard InChI is InChI=1S/C10H10F3N3O3/c1-2-19-8(17)6-4-3-5-14-7(6)15-16-9(18)10(11,12)13/h3-5H,2H2,1H3,(H,14,15)(H,16,18). The second kappa shape index (κ2) is 6.03. The van der Waals surface area contributed by atoms with Gasteiger partial charge in [0.1, 0.15) is 5.56 Å². The summed E-state index contributed by atoms with van der Waals surface area (Å²) in [4.78, 5) is 25.7. The summed E-state index contributed by atoms with van der Waals surface area (Å²) in [7, 11) is 0. The number of carbonyl (C=O) groups excluding carboxylic acids is 2. The van der Waals surface area contributed by atoms with E-state index < -0.39 is 18.1 Å². The number of ether oxygens (including phenoxy) is 1. The Morgan fingerprint density at radius 1 is 1.42 bits per heavy atom. The van der Waals surface area contributed by atoms with Crippen LogP contribution in [0.5, 0.6) is 0 Å². The fraction of sp³-hybridized carbons (Fsp3) is 0.300. The molecule has 104 valence electrons. The zero-order chi connectivity index (χ0) is 14.5. The second-order valence-electron chi connectivity index (χ2n) is 3.20. The maximum atomic E-state index is 12.0. The largest absolute Gasteiger partial charge is 0.472 e. The highest BCUT2D eigenvalue weighted by molar-refractivity contribution is 5.95. The van der Waals surface area contributed by atoms with Crippen LogP contribution in [0.15, 0.2) is 18.3 Å². The molecule has 1 amide bonds. The van der Waals surface area contributed by atoms with Crippen molar-refractivity contribution in [2.24, 2.45) is 0 Å². The zero-order valence-corrected chi connectivity index (χ0v) is 9.75. The topological polar surface area (TPSA) is 80.3 Å². The lowest BCUT2D eigenvalue weighted by Gasteiger charge is -2.12. The maximum Gasteiger partial charge on any atom is 0.472 e. The summed E-state index contributed by atoms with van der Waals surface area (Å²) in [5, 5.41) is 0. The van der Waals surface area contributed by atoms with Gasteiger partial charge in [0.05, 0.1) is 6.61 Å². The van der Waals surface area contributed by atoms with E-state index in [0.717, 1.165) is 0 Å². The number of hydrogen-bond donors (Lipinski definition) is 2. The quantitative estimate of drug-likeness (QED) is 0.639. The molecule has 1 aromatic rings. The molecule has 0 atom stereocenters. The maximum absolute atomic E-state index is 12.0. The Morgan fingerprint density at radius 3 is 2.68 bits per heavy atom. The molecule has 1 heterocycles. The molecular formula is C10H10F3N3O3. The Balaban J connectivity index is 2.79. The van der Waals surface area contributed by atoms with Gasteiger partial charge in [-0.05, 0) is 19.1 Å². The van der Waals surface area contributed by atoms with Crippen LogP contribution in [0, 0.1) is 0 Å². The molecule has 0 aromatic carbocycles. The molecular weight excluding hydrogens is 267 g/mol. The van der Waals surface area contributed by atoms with Gasteiger partial charge in [0.25, 0.3) is 0 Å². The normalized spacial score (nSPS) is 10.7. The predicted molar refractivity (Wildman–Crippen MR) is 58.0 cm³/mol. The summed E-state index contributed by atoms with van der Waals surface area (Å²) < 4.78 is 40.6. The van der Waals surface area contributed by atoms with E-state index in [9.17, 15) is 22.8 Å². The molecule has 0 aliphatic heterocycles. The molecule has 0 aliphatic rings. The van der Waals surface area contributed by atoms with Gasteiger partial charge in [-0.1, -0.05) is 0 Å². The first kappa shape index (κ1) is 14.7. The van der Waals surface area contributed by atoms with Crippen LogP contribution in [0.25, 0.3) is 0 Å². The van der Waals surface area contributed by atoms with E-state index in [1.54, 1.807) is 6.92 Å². The number of amides is 1. The highest BCUT2D eigenvalue weighted by Crippen LogP contribution is 2.15. The molecule has 0 saturated heterocycles. The molecule has 6 nitrogen and oxygen atoms in total. The number of esters is 1. The Morgan fingerprint density at radius 2 is 2.11 bits per heavy atom. The third-order valence-corrected chi connectivity index (χ3v) is 1.85. The summed E-state index contributed by atoms with van der Waals surface area (Å²) in [6.45, 7) is 1.68. The number of rotatable bonds is 4. The summed E-state index contributed by atoms with van der Waals surface area (Å²) >= 11 is 0. The van der Waals surface area contributed by atoms with Crippen LogP contribution >= 0.6 is 0 Å². The number of carbonyl (C=O) groups is 2.